The van der Waals surface area contributed by atoms with E-state index in [9.17, 15) is 30.3 Å². The zero-order chi connectivity index (χ0) is 42.3. The molecule has 0 aliphatic carbocycles. The van der Waals surface area contributed by atoms with Gasteiger partial charge < -0.3 is 40.3 Å². The first-order valence-corrected chi connectivity index (χ1v) is 22.1. The van der Waals surface area contributed by atoms with Crippen LogP contribution >= 0.6 is 0 Å². The van der Waals surface area contributed by atoms with Gasteiger partial charge in [0, 0.05) is 6.42 Å². The summed E-state index contributed by atoms with van der Waals surface area (Å²) in [5, 5.41) is 53.9. The van der Waals surface area contributed by atoms with Gasteiger partial charge in [-0.05, 0) is 89.9 Å². The first-order valence-electron chi connectivity index (χ1n) is 22.1. The zero-order valence-electron chi connectivity index (χ0n) is 35.7. The van der Waals surface area contributed by atoms with Gasteiger partial charge in [-0.1, -0.05) is 149 Å². The van der Waals surface area contributed by atoms with Crippen molar-refractivity contribution < 1.29 is 39.8 Å². The van der Waals surface area contributed by atoms with Gasteiger partial charge in [0.25, 0.3) is 0 Å². The van der Waals surface area contributed by atoms with Crippen molar-refractivity contribution in [3.8, 4) is 0 Å². The zero-order valence-corrected chi connectivity index (χ0v) is 35.7. The molecule has 1 heterocycles. The Balaban J connectivity index is 2.37. The van der Waals surface area contributed by atoms with Crippen molar-refractivity contribution in [2.45, 2.75) is 179 Å². The van der Waals surface area contributed by atoms with Gasteiger partial charge in [-0.3, -0.25) is 4.79 Å². The molecule has 58 heavy (non-hydrogen) atoms. The van der Waals surface area contributed by atoms with Crippen molar-refractivity contribution >= 4 is 5.91 Å². The van der Waals surface area contributed by atoms with Gasteiger partial charge in [0.1, 0.15) is 24.4 Å². The molecule has 328 valence electrons. The fourth-order valence-electron chi connectivity index (χ4n) is 6.03. The van der Waals surface area contributed by atoms with Gasteiger partial charge in [-0.15, -0.1) is 0 Å². The van der Waals surface area contributed by atoms with Gasteiger partial charge >= 0.3 is 0 Å². The van der Waals surface area contributed by atoms with Crippen molar-refractivity contribution in [3.63, 3.8) is 0 Å². The number of rotatable bonds is 34. The van der Waals surface area contributed by atoms with Crippen molar-refractivity contribution in [1.82, 2.24) is 5.32 Å². The summed E-state index contributed by atoms with van der Waals surface area (Å²) in [6.07, 6.45) is 48.5. The summed E-state index contributed by atoms with van der Waals surface area (Å²) in [6.45, 7) is 3.55. The van der Waals surface area contributed by atoms with Crippen LogP contribution in [0, 0.1) is 0 Å². The number of ether oxygens (including phenoxy) is 2. The van der Waals surface area contributed by atoms with E-state index < -0.39 is 49.5 Å². The van der Waals surface area contributed by atoms with Crippen molar-refractivity contribution in [3.05, 3.63) is 109 Å². The van der Waals surface area contributed by atoms with Crippen LogP contribution in [0.25, 0.3) is 0 Å². The Labute approximate surface area is 351 Å². The van der Waals surface area contributed by atoms with Crippen molar-refractivity contribution in [1.29, 1.82) is 0 Å². The summed E-state index contributed by atoms with van der Waals surface area (Å²) >= 11 is 0. The molecule has 7 unspecified atom stereocenters. The minimum Gasteiger partial charge on any atom is -0.394 e. The summed E-state index contributed by atoms with van der Waals surface area (Å²) in [6, 6.07) is -0.845. The van der Waals surface area contributed by atoms with Crippen LogP contribution in [0.4, 0.5) is 0 Å². The largest absolute Gasteiger partial charge is 0.394 e. The molecule has 1 fully saturated rings. The van der Waals surface area contributed by atoms with Crippen LogP contribution in [0.5, 0.6) is 0 Å². The summed E-state index contributed by atoms with van der Waals surface area (Å²) in [5.41, 5.74) is 0. The molecule has 0 aromatic carbocycles. The molecular formula is C49H79NO8. The number of aliphatic hydroxyl groups excluding tert-OH is 5. The molecule has 1 rings (SSSR count). The summed E-state index contributed by atoms with van der Waals surface area (Å²) in [4.78, 5) is 12.9. The van der Waals surface area contributed by atoms with E-state index in [1.54, 1.807) is 6.08 Å². The number of carbonyl (C=O) groups is 1. The Morgan fingerprint density at radius 2 is 1.09 bits per heavy atom. The first kappa shape index (κ1) is 52.9. The second-order valence-electron chi connectivity index (χ2n) is 14.7. The van der Waals surface area contributed by atoms with E-state index in [0.717, 1.165) is 83.5 Å². The van der Waals surface area contributed by atoms with Crippen LogP contribution in [0.3, 0.4) is 0 Å². The van der Waals surface area contributed by atoms with Crippen LogP contribution in [0.1, 0.15) is 136 Å². The number of hydrogen-bond donors (Lipinski definition) is 6. The third-order valence-electron chi connectivity index (χ3n) is 9.58. The lowest BCUT2D eigenvalue weighted by atomic mass is 9.99. The van der Waals surface area contributed by atoms with E-state index in [1.807, 2.05) is 6.08 Å². The van der Waals surface area contributed by atoms with Crippen LogP contribution in [0.2, 0.25) is 0 Å². The monoisotopic (exact) mass is 810 g/mol. The number of allylic oxidation sites excluding steroid dienone is 17. The lowest BCUT2D eigenvalue weighted by Gasteiger charge is -2.40. The number of carbonyl (C=O) groups excluding carboxylic acids is 1. The maximum Gasteiger partial charge on any atom is 0.220 e. The second-order valence-corrected chi connectivity index (χ2v) is 14.7. The molecule has 0 aromatic heterocycles. The summed E-state index contributed by atoms with van der Waals surface area (Å²) in [5.74, 6) is -0.228. The van der Waals surface area contributed by atoms with E-state index in [0.29, 0.717) is 6.42 Å². The Morgan fingerprint density at radius 1 is 0.603 bits per heavy atom. The predicted octanol–water partition coefficient (Wildman–Crippen LogP) is 9.11. The van der Waals surface area contributed by atoms with Crippen LogP contribution in [0.15, 0.2) is 109 Å². The highest BCUT2D eigenvalue weighted by atomic mass is 16.7. The molecule has 0 saturated carbocycles. The van der Waals surface area contributed by atoms with Crippen LogP contribution in [-0.4, -0.2) is 87.5 Å². The predicted molar refractivity (Wildman–Crippen MR) is 239 cm³/mol. The number of aliphatic hydroxyl groups is 5. The minimum absolute atomic E-state index is 0.223. The second kappa shape index (κ2) is 38.1. The molecule has 1 aliphatic heterocycles. The Kier molecular flexibility index (Phi) is 34.7. The highest BCUT2D eigenvalue weighted by Gasteiger charge is 2.44. The molecule has 9 heteroatoms. The summed E-state index contributed by atoms with van der Waals surface area (Å²) in [7, 11) is 0. The van der Waals surface area contributed by atoms with E-state index in [4.69, 9.17) is 9.47 Å². The standard InChI is InChI=1S/C49H79NO8/c1-3-5-7-9-11-13-15-16-17-18-19-20-21-22-23-24-25-26-27-28-29-31-33-35-37-39-45(53)50-42(41-57-49-48(56)47(55)46(54)44(40-51)58-49)43(52)38-36-34-32-30-14-12-10-8-6-4-2/h5,7,11,13-14,16-17,19-20,22-23,25-26,28-30,36,38,42-44,46-49,51-52,54-56H,3-4,6,8-10,12,15,18,21,24,27,31-35,37,39-41H2,1-2H3,(H,50,53)/b7-5-,13-11-,17-16-,20-19-,23-22-,26-25-,29-28-,30-14+,38-36+. The molecule has 1 aliphatic rings. The lowest BCUT2D eigenvalue weighted by Crippen LogP contribution is -2.60. The Morgan fingerprint density at radius 3 is 1.62 bits per heavy atom. The smallest absolute Gasteiger partial charge is 0.220 e. The van der Waals surface area contributed by atoms with Gasteiger partial charge in [0.05, 0.1) is 25.4 Å². The molecule has 0 bridgehead atoms. The van der Waals surface area contributed by atoms with Gasteiger partial charge in [-0.2, -0.15) is 0 Å². The third-order valence-corrected chi connectivity index (χ3v) is 9.58. The minimum atomic E-state index is -1.58. The molecule has 1 amide bonds. The van der Waals surface area contributed by atoms with Gasteiger partial charge in [0.2, 0.25) is 5.91 Å². The maximum absolute atomic E-state index is 12.9. The molecule has 0 spiro atoms. The Bertz CT molecular complexity index is 1260. The number of nitrogens with one attached hydrogen (secondary N) is 1. The van der Waals surface area contributed by atoms with Crippen molar-refractivity contribution in [2.75, 3.05) is 13.2 Å². The fraction of sp³-hybridized carbons (Fsp3) is 0.612. The van der Waals surface area contributed by atoms with E-state index >= 15 is 0 Å². The number of hydrogen-bond acceptors (Lipinski definition) is 8. The van der Waals surface area contributed by atoms with E-state index in [2.05, 4.69) is 116 Å². The molecule has 9 nitrogen and oxygen atoms in total. The van der Waals surface area contributed by atoms with Gasteiger partial charge in [0.15, 0.2) is 6.29 Å². The highest BCUT2D eigenvalue weighted by molar-refractivity contribution is 5.76. The van der Waals surface area contributed by atoms with Gasteiger partial charge in [-0.25, -0.2) is 0 Å². The maximum atomic E-state index is 12.9. The molecule has 7 atom stereocenters. The first-order chi connectivity index (χ1) is 28.3. The summed E-state index contributed by atoms with van der Waals surface area (Å²) < 4.78 is 11.1. The quantitative estimate of drug-likeness (QED) is 0.0279. The normalized spacial score (nSPS) is 21.9. The average molecular weight is 810 g/mol. The van der Waals surface area contributed by atoms with Crippen LogP contribution < -0.4 is 5.32 Å². The molecule has 0 radical (unpaired) electrons. The molecule has 1 saturated heterocycles. The van der Waals surface area contributed by atoms with E-state index in [1.165, 1.54) is 25.7 Å². The van der Waals surface area contributed by atoms with E-state index in [-0.39, 0.29) is 18.9 Å². The fourth-order valence-corrected chi connectivity index (χ4v) is 6.03. The lowest BCUT2D eigenvalue weighted by molar-refractivity contribution is -0.302. The van der Waals surface area contributed by atoms with Crippen molar-refractivity contribution in [2.24, 2.45) is 0 Å². The van der Waals surface area contributed by atoms with Crippen LogP contribution in [-0.2, 0) is 14.3 Å². The highest BCUT2D eigenvalue weighted by Crippen LogP contribution is 2.22. The average Bonchev–Trinajstić information content (AvgIpc) is 3.22. The Hall–Kier alpha value is -3.15. The SMILES string of the molecule is CC/C=C\C/C=C\C/C=C\C/C=C\C/C=C\C/C=C\C/C=C\CCCCCC(=O)NC(COC1OC(CO)C(O)C(O)C1O)C(O)/C=C/CC/C=C/CCCCCC. The molecule has 0 aromatic rings. The molecular weight excluding hydrogens is 731 g/mol. The number of amides is 1. The topological polar surface area (TPSA) is 149 Å². The molecule has 6 N–H and O–H groups in total. The third kappa shape index (κ3) is 28.3. The number of unbranched alkanes of at least 4 members (excludes halogenated alkanes) is 8.